The monoisotopic (exact) mass is 459 g/mol. The Kier molecular flexibility index (Phi) is 6.62. The highest BCUT2D eigenvalue weighted by Crippen LogP contribution is 2.30. The van der Waals surface area contributed by atoms with Gasteiger partial charge in [-0.2, -0.15) is 5.10 Å². The summed E-state index contributed by atoms with van der Waals surface area (Å²) in [4.78, 5) is 20.7. The number of rotatable bonds is 7. The highest BCUT2D eigenvalue weighted by molar-refractivity contribution is 5.97. The first kappa shape index (κ1) is 23.0. The van der Waals surface area contributed by atoms with E-state index in [1.165, 1.54) is 6.33 Å². The number of alkyl carbamates (subject to hydrolysis) is 1. The van der Waals surface area contributed by atoms with Gasteiger partial charge in [0.15, 0.2) is 11.5 Å². The van der Waals surface area contributed by atoms with E-state index >= 15 is 0 Å². The van der Waals surface area contributed by atoms with Crippen molar-refractivity contribution in [3.63, 3.8) is 0 Å². The van der Waals surface area contributed by atoms with E-state index in [1.54, 1.807) is 0 Å². The second-order valence-electron chi connectivity index (χ2n) is 8.98. The Morgan fingerprint density at radius 2 is 1.85 bits per heavy atom. The number of H-pyrrole nitrogens is 1. The summed E-state index contributed by atoms with van der Waals surface area (Å²) in [6.45, 7) is 7.92. The Bertz CT molecular complexity index is 1270. The van der Waals surface area contributed by atoms with Gasteiger partial charge in [0.25, 0.3) is 0 Å². The van der Waals surface area contributed by atoms with Crippen LogP contribution in [-0.4, -0.2) is 31.9 Å². The number of nitrogens with zero attached hydrogens (tertiary/aromatic N) is 3. The van der Waals surface area contributed by atoms with Gasteiger partial charge in [0.05, 0.1) is 0 Å². The van der Waals surface area contributed by atoms with Gasteiger partial charge >= 0.3 is 6.09 Å². The smallest absolute Gasteiger partial charge is 0.407 e. The van der Waals surface area contributed by atoms with E-state index in [1.807, 2.05) is 63.2 Å². The molecule has 0 aliphatic heterocycles. The van der Waals surface area contributed by atoms with Gasteiger partial charge in [0.2, 0.25) is 0 Å². The number of hydrogen-bond acceptors (Lipinski definition) is 7. The lowest BCUT2D eigenvalue weighted by atomic mass is 10.1. The third-order valence-electron chi connectivity index (χ3n) is 5.04. The number of aromatic nitrogens is 4. The van der Waals surface area contributed by atoms with Crippen molar-refractivity contribution in [2.45, 2.75) is 45.9 Å². The fourth-order valence-corrected chi connectivity index (χ4v) is 3.47. The van der Waals surface area contributed by atoms with Crippen molar-refractivity contribution in [2.24, 2.45) is 0 Å². The Morgan fingerprint density at radius 1 is 1.06 bits per heavy atom. The lowest BCUT2D eigenvalue weighted by molar-refractivity contribution is 0.0523. The summed E-state index contributed by atoms with van der Waals surface area (Å²) in [6, 6.07) is 17.9. The zero-order valence-electron chi connectivity index (χ0n) is 19.7. The van der Waals surface area contributed by atoms with E-state index < -0.39 is 11.7 Å². The summed E-state index contributed by atoms with van der Waals surface area (Å²) >= 11 is 0. The van der Waals surface area contributed by atoms with Crippen molar-refractivity contribution in [3.05, 3.63) is 72.1 Å². The molecule has 0 saturated heterocycles. The van der Waals surface area contributed by atoms with Crippen molar-refractivity contribution in [1.82, 2.24) is 25.5 Å². The predicted octanol–water partition coefficient (Wildman–Crippen LogP) is 5.29. The zero-order valence-corrected chi connectivity index (χ0v) is 19.7. The minimum absolute atomic E-state index is 0.0457. The van der Waals surface area contributed by atoms with Gasteiger partial charge in [-0.25, -0.2) is 14.8 Å². The Labute approximate surface area is 198 Å². The summed E-state index contributed by atoms with van der Waals surface area (Å²) < 4.78 is 5.30. The minimum atomic E-state index is -0.541. The van der Waals surface area contributed by atoms with Gasteiger partial charge in [-0.05, 0) is 51.0 Å². The van der Waals surface area contributed by atoms with Crippen LogP contribution in [0.1, 0.15) is 44.9 Å². The van der Waals surface area contributed by atoms with Crippen LogP contribution < -0.4 is 16.0 Å². The third-order valence-corrected chi connectivity index (χ3v) is 5.04. The number of carbonyl (C=O) groups is 1. The van der Waals surface area contributed by atoms with Crippen LogP contribution in [-0.2, 0) is 11.3 Å². The number of benzene rings is 2. The van der Waals surface area contributed by atoms with Gasteiger partial charge in [0.1, 0.15) is 23.1 Å². The molecule has 0 fully saturated rings. The first-order valence-corrected chi connectivity index (χ1v) is 11.1. The largest absolute Gasteiger partial charge is 0.444 e. The molecule has 34 heavy (non-hydrogen) atoms. The van der Waals surface area contributed by atoms with Crippen LogP contribution in [0, 0.1) is 0 Å². The molecule has 176 valence electrons. The molecular formula is C25H29N7O2. The van der Waals surface area contributed by atoms with Crippen LogP contribution in [0.15, 0.2) is 60.9 Å². The summed E-state index contributed by atoms with van der Waals surface area (Å²) in [6.07, 6.45) is 1.05. The molecule has 0 aliphatic rings. The van der Waals surface area contributed by atoms with Gasteiger partial charge < -0.3 is 20.7 Å². The van der Waals surface area contributed by atoms with Crippen LogP contribution in [0.4, 0.5) is 22.1 Å². The highest BCUT2D eigenvalue weighted by atomic mass is 16.6. The second kappa shape index (κ2) is 9.78. The third kappa shape index (κ3) is 5.80. The summed E-state index contributed by atoms with van der Waals surface area (Å²) in [5.41, 5.74) is 2.98. The summed E-state index contributed by atoms with van der Waals surface area (Å²) in [5, 5.41) is 17.7. The average Bonchev–Trinajstić information content (AvgIpc) is 3.21. The topological polar surface area (TPSA) is 117 Å². The molecule has 4 aromatic rings. The maximum atomic E-state index is 12.0. The van der Waals surface area contributed by atoms with Crippen LogP contribution in [0.2, 0.25) is 0 Å². The second-order valence-corrected chi connectivity index (χ2v) is 8.98. The molecule has 0 radical (unpaired) electrons. The lowest BCUT2D eigenvalue weighted by Gasteiger charge is -2.19. The first-order valence-electron chi connectivity index (χ1n) is 11.1. The number of carbonyl (C=O) groups excluding carboxylic acids is 1. The van der Waals surface area contributed by atoms with Crippen molar-refractivity contribution >= 4 is 34.4 Å². The van der Waals surface area contributed by atoms with Crippen LogP contribution in [0.25, 0.3) is 11.0 Å². The number of ether oxygens (including phenoxy) is 1. The average molecular weight is 460 g/mol. The van der Waals surface area contributed by atoms with E-state index in [-0.39, 0.29) is 6.04 Å². The van der Waals surface area contributed by atoms with Gasteiger partial charge in [-0.3, -0.25) is 5.10 Å². The quantitative estimate of drug-likeness (QED) is 0.296. The van der Waals surface area contributed by atoms with Gasteiger partial charge in [-0.1, -0.05) is 42.5 Å². The van der Waals surface area contributed by atoms with E-state index in [9.17, 15) is 4.79 Å². The number of amides is 1. The number of hydrogen-bond donors (Lipinski definition) is 4. The summed E-state index contributed by atoms with van der Waals surface area (Å²) in [7, 11) is 0. The molecule has 2 aromatic carbocycles. The summed E-state index contributed by atoms with van der Waals surface area (Å²) in [5.74, 6) is 1.29. The fourth-order valence-electron chi connectivity index (χ4n) is 3.47. The van der Waals surface area contributed by atoms with E-state index in [4.69, 9.17) is 4.74 Å². The van der Waals surface area contributed by atoms with Crippen molar-refractivity contribution in [2.75, 3.05) is 10.6 Å². The molecule has 1 amide bonds. The van der Waals surface area contributed by atoms with Crippen molar-refractivity contribution in [1.29, 1.82) is 0 Å². The number of anilines is 3. The molecule has 1 atom stereocenters. The van der Waals surface area contributed by atoms with E-state index in [0.29, 0.717) is 23.8 Å². The van der Waals surface area contributed by atoms with Crippen LogP contribution in [0.5, 0.6) is 0 Å². The molecule has 2 aromatic heterocycles. The molecule has 4 rings (SSSR count). The molecule has 0 unspecified atom stereocenters. The van der Waals surface area contributed by atoms with Gasteiger partial charge in [-0.15, -0.1) is 0 Å². The Balaban J connectivity index is 1.50. The van der Waals surface area contributed by atoms with E-state index in [2.05, 4.69) is 55.2 Å². The predicted molar refractivity (Wildman–Crippen MR) is 133 cm³/mol. The molecule has 0 bridgehead atoms. The molecule has 2 heterocycles. The normalized spacial score (nSPS) is 12.2. The maximum Gasteiger partial charge on any atom is 0.407 e. The number of aromatic amines is 1. The molecule has 0 aliphatic carbocycles. The standard InChI is InChI=1S/C25H29N7O2/c1-16(18-10-6-5-7-11-18)29-21-20-22(28-15-27-21)31-32-23(20)30-19-12-8-9-17(13-19)14-26-24(33)34-25(2,3)4/h5-13,15-16H,14H2,1-4H3,(H,26,33)(H3,27,28,29,30,31,32)/t16-/m1/s1. The Morgan fingerprint density at radius 3 is 2.62 bits per heavy atom. The highest BCUT2D eigenvalue weighted by Gasteiger charge is 2.17. The minimum Gasteiger partial charge on any atom is -0.444 e. The zero-order chi connectivity index (χ0) is 24.1. The van der Waals surface area contributed by atoms with Crippen LogP contribution in [0.3, 0.4) is 0 Å². The first-order chi connectivity index (χ1) is 16.3. The molecular weight excluding hydrogens is 430 g/mol. The maximum absolute atomic E-state index is 12.0. The lowest BCUT2D eigenvalue weighted by Crippen LogP contribution is -2.32. The van der Waals surface area contributed by atoms with Crippen molar-refractivity contribution < 1.29 is 9.53 Å². The van der Waals surface area contributed by atoms with Crippen molar-refractivity contribution in [3.8, 4) is 0 Å². The Hall–Kier alpha value is -4.14. The van der Waals surface area contributed by atoms with E-state index in [0.717, 1.165) is 22.2 Å². The molecule has 0 spiro atoms. The number of fused-ring (bicyclic) bond motifs is 1. The molecule has 9 heteroatoms. The number of nitrogens with one attached hydrogen (secondary N) is 4. The fraction of sp³-hybridized carbons (Fsp3) is 0.280. The molecule has 0 saturated carbocycles. The van der Waals surface area contributed by atoms with Crippen LogP contribution >= 0.6 is 0 Å². The molecule has 9 nitrogen and oxygen atoms in total. The molecule has 4 N–H and O–H groups in total. The van der Waals surface area contributed by atoms with Gasteiger partial charge in [0, 0.05) is 18.3 Å². The SMILES string of the molecule is C[C@@H](Nc1ncnc2[nH]nc(Nc3cccc(CNC(=O)OC(C)(C)C)c3)c12)c1ccccc1.